The van der Waals surface area contributed by atoms with E-state index in [1.807, 2.05) is 24.3 Å². The van der Waals surface area contributed by atoms with Crippen molar-refractivity contribution >= 4 is 25.5 Å². The second-order valence-corrected chi connectivity index (χ2v) is 10.1. The summed E-state index contributed by atoms with van der Waals surface area (Å²) in [5.74, 6) is 5.41. The van der Waals surface area contributed by atoms with Crippen LogP contribution in [0.25, 0.3) is 6.08 Å². The van der Waals surface area contributed by atoms with Crippen LogP contribution in [-0.4, -0.2) is 29.1 Å². The number of carboxylic acids is 1. The minimum atomic E-state index is -0.850. The SMILES string of the molecule is CC#C[C@@H](CC(=O)O)c1ccc(OCc2ccc(CN3CCC4(C=Cc5ccccc54)CC3)cc2)cc1.S. The van der Waals surface area contributed by atoms with Crippen LogP contribution < -0.4 is 4.74 Å². The zero-order valence-electron chi connectivity index (χ0n) is 21.8. The molecule has 3 aromatic rings. The van der Waals surface area contributed by atoms with Crippen LogP contribution in [0.5, 0.6) is 5.75 Å². The minimum Gasteiger partial charge on any atom is -0.489 e. The molecule has 0 bridgehead atoms. The number of benzene rings is 3. The van der Waals surface area contributed by atoms with Gasteiger partial charge in [-0.25, -0.2) is 0 Å². The van der Waals surface area contributed by atoms with Gasteiger partial charge in [-0.1, -0.05) is 78.7 Å². The summed E-state index contributed by atoms with van der Waals surface area (Å²) in [6, 6.07) is 25.1. The number of hydrogen-bond acceptors (Lipinski definition) is 3. The van der Waals surface area contributed by atoms with Gasteiger partial charge >= 0.3 is 5.97 Å². The lowest BCUT2D eigenvalue weighted by Gasteiger charge is -2.39. The molecule has 0 aromatic heterocycles. The van der Waals surface area contributed by atoms with Gasteiger partial charge in [0.1, 0.15) is 12.4 Å². The highest BCUT2D eigenvalue weighted by Crippen LogP contribution is 2.43. The Morgan fingerprint density at radius 2 is 1.68 bits per heavy atom. The average Bonchev–Trinajstić information content (AvgIpc) is 3.27. The Bertz CT molecular complexity index is 1330. The minimum absolute atomic E-state index is 0. The van der Waals surface area contributed by atoms with Crippen molar-refractivity contribution in [2.24, 2.45) is 0 Å². The Morgan fingerprint density at radius 1 is 1.00 bits per heavy atom. The van der Waals surface area contributed by atoms with Crippen LogP contribution in [0.2, 0.25) is 0 Å². The van der Waals surface area contributed by atoms with Crippen LogP contribution in [0.4, 0.5) is 0 Å². The molecule has 0 saturated carbocycles. The second-order valence-electron chi connectivity index (χ2n) is 10.1. The van der Waals surface area contributed by atoms with Gasteiger partial charge in [0.2, 0.25) is 0 Å². The third kappa shape index (κ3) is 6.32. The fourth-order valence-corrected chi connectivity index (χ4v) is 5.54. The maximum Gasteiger partial charge on any atom is 0.304 e. The van der Waals surface area contributed by atoms with E-state index >= 15 is 0 Å². The Kier molecular flexibility index (Phi) is 8.99. The first-order valence-corrected chi connectivity index (χ1v) is 13.0. The van der Waals surface area contributed by atoms with E-state index in [-0.39, 0.29) is 31.2 Å². The lowest BCUT2D eigenvalue weighted by Crippen LogP contribution is -2.40. The Hall–Kier alpha value is -3.46. The van der Waals surface area contributed by atoms with E-state index in [1.165, 1.54) is 29.5 Å². The molecule has 1 aliphatic carbocycles. The molecule has 0 radical (unpaired) electrons. The maximum absolute atomic E-state index is 11.1. The lowest BCUT2D eigenvalue weighted by molar-refractivity contribution is -0.137. The molecule has 0 amide bonds. The van der Waals surface area contributed by atoms with Gasteiger partial charge in [-0.2, -0.15) is 13.5 Å². The average molecular weight is 526 g/mol. The van der Waals surface area contributed by atoms with Gasteiger partial charge in [0, 0.05) is 12.0 Å². The topological polar surface area (TPSA) is 49.8 Å². The zero-order valence-corrected chi connectivity index (χ0v) is 22.8. The lowest BCUT2D eigenvalue weighted by atomic mass is 9.74. The molecular formula is C33H35NO3S. The van der Waals surface area contributed by atoms with Crippen molar-refractivity contribution in [1.29, 1.82) is 0 Å². The molecule has 5 heteroatoms. The fraction of sp³-hybridized carbons (Fsp3) is 0.303. The summed E-state index contributed by atoms with van der Waals surface area (Å²) >= 11 is 0. The third-order valence-electron chi connectivity index (χ3n) is 7.64. The number of allylic oxidation sites excluding steroid dienone is 1. The number of likely N-dealkylation sites (tertiary alicyclic amines) is 1. The molecule has 1 atom stereocenters. The molecule has 1 saturated heterocycles. The second kappa shape index (κ2) is 12.4. The number of carbonyl (C=O) groups is 1. The number of nitrogens with zero attached hydrogens (tertiary/aromatic N) is 1. The van der Waals surface area contributed by atoms with Gasteiger partial charge in [0.15, 0.2) is 0 Å². The van der Waals surface area contributed by atoms with E-state index in [1.54, 1.807) is 6.92 Å². The predicted octanol–water partition coefficient (Wildman–Crippen LogP) is 6.52. The van der Waals surface area contributed by atoms with Crippen molar-refractivity contribution in [2.45, 2.75) is 50.7 Å². The maximum atomic E-state index is 11.1. The Balaban J connectivity index is 0.00000336. The van der Waals surface area contributed by atoms with Gasteiger partial charge in [-0.05, 0) is 72.8 Å². The van der Waals surface area contributed by atoms with E-state index in [0.29, 0.717) is 6.61 Å². The summed E-state index contributed by atoms with van der Waals surface area (Å²) in [6.07, 6.45) is 7.08. The van der Waals surface area contributed by atoms with E-state index in [2.05, 4.69) is 77.4 Å². The van der Waals surface area contributed by atoms with Crippen molar-refractivity contribution in [3.05, 3.63) is 107 Å². The third-order valence-corrected chi connectivity index (χ3v) is 7.64. The molecule has 1 N–H and O–H groups in total. The molecular weight excluding hydrogens is 490 g/mol. The van der Waals surface area contributed by atoms with Crippen molar-refractivity contribution in [3.63, 3.8) is 0 Å². The molecule has 196 valence electrons. The first-order valence-electron chi connectivity index (χ1n) is 13.0. The van der Waals surface area contributed by atoms with Gasteiger partial charge < -0.3 is 9.84 Å². The number of ether oxygens (including phenoxy) is 1. The van der Waals surface area contributed by atoms with Crippen LogP contribution in [0, 0.1) is 11.8 Å². The normalized spacial score (nSPS) is 16.1. The largest absolute Gasteiger partial charge is 0.489 e. The Labute approximate surface area is 232 Å². The first kappa shape index (κ1) is 27.6. The molecule has 38 heavy (non-hydrogen) atoms. The molecule has 1 aliphatic heterocycles. The van der Waals surface area contributed by atoms with Crippen molar-refractivity contribution in [3.8, 4) is 17.6 Å². The molecule has 2 aliphatic rings. The summed E-state index contributed by atoms with van der Waals surface area (Å²) in [5, 5.41) is 9.13. The van der Waals surface area contributed by atoms with E-state index in [9.17, 15) is 4.79 Å². The van der Waals surface area contributed by atoms with Gasteiger partial charge in [-0.15, -0.1) is 5.92 Å². The number of piperidine rings is 1. The van der Waals surface area contributed by atoms with Crippen LogP contribution >= 0.6 is 13.5 Å². The quantitative estimate of drug-likeness (QED) is 0.340. The number of fused-ring (bicyclic) bond motifs is 2. The fourth-order valence-electron chi connectivity index (χ4n) is 5.54. The highest BCUT2D eigenvalue weighted by molar-refractivity contribution is 7.59. The molecule has 1 heterocycles. The number of hydrogen-bond donors (Lipinski definition) is 1. The molecule has 3 aromatic carbocycles. The van der Waals surface area contributed by atoms with Crippen LogP contribution in [0.1, 0.15) is 59.9 Å². The summed E-state index contributed by atoms with van der Waals surface area (Å²) in [4.78, 5) is 13.7. The summed E-state index contributed by atoms with van der Waals surface area (Å²) in [5.41, 5.74) is 6.46. The summed E-state index contributed by atoms with van der Waals surface area (Å²) < 4.78 is 5.97. The molecule has 1 fully saturated rings. The van der Waals surface area contributed by atoms with Crippen molar-refractivity contribution in [2.75, 3.05) is 13.1 Å². The summed E-state index contributed by atoms with van der Waals surface area (Å²) in [7, 11) is 0. The number of carboxylic acid groups (broad SMARTS) is 1. The monoisotopic (exact) mass is 525 g/mol. The molecule has 1 spiro atoms. The van der Waals surface area contributed by atoms with Crippen LogP contribution in [0.3, 0.4) is 0 Å². The first-order chi connectivity index (χ1) is 18.0. The van der Waals surface area contributed by atoms with Gasteiger partial charge in [0.05, 0.1) is 12.3 Å². The highest BCUT2D eigenvalue weighted by atomic mass is 32.1. The highest BCUT2D eigenvalue weighted by Gasteiger charge is 2.37. The Morgan fingerprint density at radius 3 is 2.37 bits per heavy atom. The molecule has 5 rings (SSSR count). The van der Waals surface area contributed by atoms with Crippen LogP contribution in [0.15, 0.2) is 78.9 Å². The van der Waals surface area contributed by atoms with E-state index in [4.69, 9.17) is 9.84 Å². The molecule has 0 unspecified atom stereocenters. The smallest absolute Gasteiger partial charge is 0.304 e. The van der Waals surface area contributed by atoms with E-state index in [0.717, 1.165) is 36.5 Å². The van der Waals surface area contributed by atoms with Crippen molar-refractivity contribution in [1.82, 2.24) is 4.90 Å². The van der Waals surface area contributed by atoms with E-state index < -0.39 is 5.97 Å². The summed E-state index contributed by atoms with van der Waals surface area (Å²) in [6.45, 7) is 5.41. The van der Waals surface area contributed by atoms with Gasteiger partial charge in [-0.3, -0.25) is 9.69 Å². The van der Waals surface area contributed by atoms with Crippen molar-refractivity contribution < 1.29 is 14.6 Å². The molecule has 4 nitrogen and oxygen atoms in total. The number of rotatable bonds is 8. The predicted molar refractivity (Wildman–Crippen MR) is 158 cm³/mol. The zero-order chi connectivity index (χ0) is 25.7. The van der Waals surface area contributed by atoms with Crippen LogP contribution in [-0.2, 0) is 23.4 Å². The number of aliphatic carboxylic acids is 1. The van der Waals surface area contributed by atoms with Gasteiger partial charge in [0.25, 0.3) is 0 Å². The standard InChI is InChI=1S/C33H33NO3.H2S/c1-2-5-29(22-32(35)36)27-12-14-30(15-13-27)37-24-26-10-8-25(9-11-26)23-34-20-18-33(19-21-34)17-16-28-6-3-4-7-31(28)33;/h3-4,6-17,29H,18-24H2,1H3,(H,35,36);1H2/t29-;/m0./s1.